The first kappa shape index (κ1) is 14.7. The minimum Gasteiger partial charge on any atom is -0.313 e. The summed E-state index contributed by atoms with van der Waals surface area (Å²) in [5.74, 6) is 0. The molecule has 0 aliphatic carbocycles. The van der Waals surface area contributed by atoms with E-state index in [1.54, 1.807) is 0 Å². The molecule has 0 aliphatic heterocycles. The molecule has 20 heavy (non-hydrogen) atoms. The van der Waals surface area contributed by atoms with Gasteiger partial charge in [-0.15, -0.1) is 0 Å². The van der Waals surface area contributed by atoms with Crippen LogP contribution in [0.2, 0.25) is 0 Å². The van der Waals surface area contributed by atoms with E-state index >= 15 is 0 Å². The second kappa shape index (κ2) is 6.66. The summed E-state index contributed by atoms with van der Waals surface area (Å²) in [5, 5.41) is 8.03. The van der Waals surface area contributed by atoms with Crippen LogP contribution >= 0.6 is 0 Å². The average molecular weight is 272 g/mol. The van der Waals surface area contributed by atoms with E-state index in [9.17, 15) is 0 Å². The summed E-state index contributed by atoms with van der Waals surface area (Å²) in [6.45, 7) is 7.26. The molecule has 0 amide bonds. The van der Waals surface area contributed by atoms with Crippen LogP contribution in [0.25, 0.3) is 0 Å². The van der Waals surface area contributed by atoms with Crippen molar-refractivity contribution in [1.29, 1.82) is 0 Å². The summed E-state index contributed by atoms with van der Waals surface area (Å²) < 4.78 is 2.11. The molecule has 0 saturated carbocycles. The zero-order valence-corrected chi connectivity index (χ0v) is 12.8. The minimum atomic E-state index is 0.274. The molecule has 0 spiro atoms. The zero-order valence-electron chi connectivity index (χ0n) is 12.8. The normalized spacial score (nSPS) is 12.6. The van der Waals surface area contributed by atoms with Gasteiger partial charge in [0.2, 0.25) is 0 Å². The summed E-state index contributed by atoms with van der Waals surface area (Å²) in [4.78, 5) is 4.39. The predicted molar refractivity (Wildman–Crippen MR) is 81.8 cm³/mol. The maximum atomic E-state index is 4.62. The summed E-state index contributed by atoms with van der Waals surface area (Å²) >= 11 is 0. The first-order valence-electron chi connectivity index (χ1n) is 7.33. The number of likely N-dealkylation sites (N-methyl/N-ethyl adjacent to an activating group) is 1. The number of pyridine rings is 1. The Morgan fingerprint density at radius 2 is 2.15 bits per heavy atom. The molecular formula is C16H24N4. The molecule has 1 N–H and O–H groups in total. The van der Waals surface area contributed by atoms with Crippen molar-refractivity contribution in [3.63, 3.8) is 0 Å². The van der Waals surface area contributed by atoms with Gasteiger partial charge in [0, 0.05) is 36.6 Å². The maximum Gasteiger partial charge on any atom is 0.0624 e. The SMILES string of the molecule is CCc1cc(CC(NC)c2cccnc2C)n(CC)n1. The van der Waals surface area contributed by atoms with E-state index in [1.807, 2.05) is 19.3 Å². The van der Waals surface area contributed by atoms with Gasteiger partial charge in [0.1, 0.15) is 0 Å². The number of hydrogen-bond acceptors (Lipinski definition) is 3. The molecule has 2 heterocycles. The van der Waals surface area contributed by atoms with Crippen molar-refractivity contribution in [2.75, 3.05) is 7.05 Å². The number of hydrogen-bond donors (Lipinski definition) is 1. The highest BCUT2D eigenvalue weighted by atomic mass is 15.3. The van der Waals surface area contributed by atoms with Crippen LogP contribution < -0.4 is 5.32 Å². The van der Waals surface area contributed by atoms with Crippen molar-refractivity contribution in [2.24, 2.45) is 0 Å². The van der Waals surface area contributed by atoms with Crippen LogP contribution in [-0.4, -0.2) is 21.8 Å². The van der Waals surface area contributed by atoms with E-state index in [-0.39, 0.29) is 6.04 Å². The standard InChI is InChI=1S/C16H24N4/c1-5-13-10-14(20(6-2)19-13)11-16(17-4)15-8-7-9-18-12(15)3/h7-10,16-17H,5-6,11H2,1-4H3. The quantitative estimate of drug-likeness (QED) is 0.879. The number of aromatic nitrogens is 3. The van der Waals surface area contributed by atoms with Gasteiger partial charge < -0.3 is 5.32 Å². The second-order valence-corrected chi connectivity index (χ2v) is 5.02. The third-order valence-electron chi connectivity index (χ3n) is 3.76. The highest BCUT2D eigenvalue weighted by Crippen LogP contribution is 2.21. The highest BCUT2D eigenvalue weighted by molar-refractivity contribution is 5.25. The Bertz CT molecular complexity index is 559. The molecule has 2 aromatic heterocycles. The van der Waals surface area contributed by atoms with E-state index in [1.165, 1.54) is 17.0 Å². The number of nitrogens with zero attached hydrogens (tertiary/aromatic N) is 3. The van der Waals surface area contributed by atoms with Gasteiger partial charge in [-0.05, 0) is 45.0 Å². The lowest BCUT2D eigenvalue weighted by Gasteiger charge is -2.18. The van der Waals surface area contributed by atoms with Crippen LogP contribution in [0.15, 0.2) is 24.4 Å². The van der Waals surface area contributed by atoms with Crippen molar-refractivity contribution in [2.45, 2.75) is 46.2 Å². The summed E-state index contributed by atoms with van der Waals surface area (Å²) in [6.07, 6.45) is 3.76. The van der Waals surface area contributed by atoms with Crippen molar-refractivity contribution in [3.8, 4) is 0 Å². The molecular weight excluding hydrogens is 248 g/mol. The highest BCUT2D eigenvalue weighted by Gasteiger charge is 2.16. The molecule has 0 bridgehead atoms. The molecule has 0 fully saturated rings. The lowest BCUT2D eigenvalue weighted by Crippen LogP contribution is -2.21. The summed E-state index contributed by atoms with van der Waals surface area (Å²) in [6, 6.07) is 6.65. The van der Waals surface area contributed by atoms with Crippen LogP contribution in [0.4, 0.5) is 0 Å². The molecule has 2 rings (SSSR count). The van der Waals surface area contributed by atoms with Gasteiger partial charge in [0.05, 0.1) is 5.69 Å². The second-order valence-electron chi connectivity index (χ2n) is 5.02. The van der Waals surface area contributed by atoms with Gasteiger partial charge in [-0.2, -0.15) is 5.10 Å². The van der Waals surface area contributed by atoms with Crippen LogP contribution in [0, 0.1) is 6.92 Å². The summed E-state index contributed by atoms with van der Waals surface area (Å²) in [5.41, 5.74) is 4.80. The fraction of sp³-hybridized carbons (Fsp3) is 0.500. The molecule has 4 heteroatoms. The molecule has 1 unspecified atom stereocenters. The van der Waals surface area contributed by atoms with E-state index in [0.29, 0.717) is 0 Å². The Morgan fingerprint density at radius 1 is 1.35 bits per heavy atom. The lowest BCUT2D eigenvalue weighted by molar-refractivity contribution is 0.537. The van der Waals surface area contributed by atoms with Gasteiger partial charge in [0.15, 0.2) is 0 Å². The molecule has 0 saturated heterocycles. The predicted octanol–water partition coefficient (Wildman–Crippen LogP) is 2.67. The van der Waals surface area contributed by atoms with Crippen LogP contribution in [-0.2, 0) is 19.4 Å². The van der Waals surface area contributed by atoms with Crippen LogP contribution in [0.3, 0.4) is 0 Å². The van der Waals surface area contributed by atoms with E-state index in [0.717, 1.165) is 25.1 Å². The van der Waals surface area contributed by atoms with Gasteiger partial charge in [-0.3, -0.25) is 9.67 Å². The molecule has 4 nitrogen and oxygen atoms in total. The largest absolute Gasteiger partial charge is 0.313 e. The molecule has 1 atom stereocenters. The third-order valence-corrected chi connectivity index (χ3v) is 3.76. The zero-order chi connectivity index (χ0) is 14.5. The monoisotopic (exact) mass is 272 g/mol. The van der Waals surface area contributed by atoms with Crippen LogP contribution in [0.5, 0.6) is 0 Å². The fourth-order valence-corrected chi connectivity index (χ4v) is 2.57. The Hall–Kier alpha value is -1.68. The molecule has 0 radical (unpaired) electrons. The van der Waals surface area contributed by atoms with Gasteiger partial charge in [-0.1, -0.05) is 13.0 Å². The summed E-state index contributed by atoms with van der Waals surface area (Å²) in [7, 11) is 2.00. The molecule has 0 aromatic carbocycles. The van der Waals surface area contributed by atoms with E-state index in [2.05, 4.69) is 53.0 Å². The number of aryl methyl sites for hydroxylation is 3. The van der Waals surface area contributed by atoms with Gasteiger partial charge in [-0.25, -0.2) is 0 Å². The number of nitrogens with one attached hydrogen (secondary N) is 1. The van der Waals surface area contributed by atoms with Gasteiger partial charge >= 0.3 is 0 Å². The topological polar surface area (TPSA) is 42.7 Å². The lowest BCUT2D eigenvalue weighted by atomic mass is 10.0. The Kier molecular flexibility index (Phi) is 4.90. The smallest absolute Gasteiger partial charge is 0.0624 e. The molecule has 0 aliphatic rings. The van der Waals surface area contributed by atoms with Crippen molar-refractivity contribution in [3.05, 3.63) is 47.0 Å². The Balaban J connectivity index is 2.26. The number of rotatable bonds is 6. The first-order chi connectivity index (χ1) is 9.69. The Labute approximate surface area is 121 Å². The molecule has 108 valence electrons. The van der Waals surface area contributed by atoms with Gasteiger partial charge in [0.25, 0.3) is 0 Å². The minimum absolute atomic E-state index is 0.274. The molecule has 2 aromatic rings. The average Bonchev–Trinajstić information content (AvgIpc) is 2.88. The van der Waals surface area contributed by atoms with Crippen LogP contribution in [0.1, 0.15) is 42.5 Å². The van der Waals surface area contributed by atoms with E-state index < -0.39 is 0 Å². The third kappa shape index (κ3) is 3.07. The maximum absolute atomic E-state index is 4.62. The van der Waals surface area contributed by atoms with Crippen molar-refractivity contribution >= 4 is 0 Å². The Morgan fingerprint density at radius 3 is 2.75 bits per heavy atom. The van der Waals surface area contributed by atoms with Crippen molar-refractivity contribution < 1.29 is 0 Å². The first-order valence-corrected chi connectivity index (χ1v) is 7.33. The fourth-order valence-electron chi connectivity index (χ4n) is 2.57. The van der Waals surface area contributed by atoms with Crippen molar-refractivity contribution in [1.82, 2.24) is 20.1 Å². The van der Waals surface area contributed by atoms with E-state index in [4.69, 9.17) is 0 Å².